The topological polar surface area (TPSA) is 81.4 Å². The number of thioether (sulfide) groups is 1. The van der Waals surface area contributed by atoms with Crippen LogP contribution in [0.4, 0.5) is 0 Å². The summed E-state index contributed by atoms with van der Waals surface area (Å²) in [6, 6.07) is 26.3. The van der Waals surface area contributed by atoms with Gasteiger partial charge in [0.1, 0.15) is 28.3 Å². The number of nitriles is 1. The minimum atomic E-state index is -0.0609. The molecule has 3 aromatic carbocycles. The molecule has 6 nitrogen and oxygen atoms in total. The molecule has 4 rings (SSSR count). The summed E-state index contributed by atoms with van der Waals surface area (Å²) in [5.74, 6) is 2.23. The predicted molar refractivity (Wildman–Crippen MR) is 141 cm³/mol. The summed E-state index contributed by atoms with van der Waals surface area (Å²) in [4.78, 5) is 17.7. The molecule has 0 spiro atoms. The maximum atomic E-state index is 12.9. The van der Waals surface area contributed by atoms with E-state index >= 15 is 0 Å². The van der Waals surface area contributed by atoms with Crippen molar-refractivity contribution in [1.29, 1.82) is 5.26 Å². The van der Waals surface area contributed by atoms with Crippen LogP contribution >= 0.6 is 11.8 Å². The molecule has 7 heteroatoms. The van der Waals surface area contributed by atoms with E-state index in [1.807, 2.05) is 54.6 Å². The van der Waals surface area contributed by atoms with Crippen LogP contribution in [-0.2, 0) is 0 Å². The second kappa shape index (κ2) is 11.4. The number of carbonyl (C=O) groups excluding carboxylic acids is 1. The molecule has 4 aromatic rings. The van der Waals surface area contributed by atoms with E-state index < -0.39 is 0 Å². The number of aromatic nitrogens is 1. The Morgan fingerprint density at radius 2 is 1.31 bits per heavy atom. The van der Waals surface area contributed by atoms with E-state index in [0.29, 0.717) is 27.6 Å². The molecule has 1 heterocycles. The molecule has 0 N–H and O–H groups in total. The number of pyridine rings is 1. The van der Waals surface area contributed by atoms with Gasteiger partial charge in [0, 0.05) is 16.7 Å². The average Bonchev–Trinajstić information content (AvgIpc) is 2.95. The lowest BCUT2D eigenvalue weighted by molar-refractivity contribution is 0.102. The van der Waals surface area contributed by atoms with Crippen LogP contribution in [0, 0.1) is 11.3 Å². The van der Waals surface area contributed by atoms with Gasteiger partial charge < -0.3 is 14.2 Å². The van der Waals surface area contributed by atoms with Gasteiger partial charge in [-0.2, -0.15) is 5.26 Å². The van der Waals surface area contributed by atoms with Crippen LogP contribution in [0.2, 0.25) is 0 Å². The molecule has 0 unspecified atom stereocenters. The monoisotopic (exact) mass is 496 g/mol. The van der Waals surface area contributed by atoms with Crippen molar-refractivity contribution in [3.63, 3.8) is 0 Å². The van der Waals surface area contributed by atoms with Crippen LogP contribution in [0.15, 0.2) is 83.9 Å². The molecule has 0 saturated heterocycles. The Balaban J connectivity index is 1.73. The van der Waals surface area contributed by atoms with Gasteiger partial charge in [0.05, 0.1) is 38.3 Å². The van der Waals surface area contributed by atoms with Crippen LogP contribution < -0.4 is 14.2 Å². The lowest BCUT2D eigenvalue weighted by Gasteiger charge is -2.13. The second-order valence-corrected chi connectivity index (χ2v) is 8.71. The number of carbonyl (C=O) groups is 1. The first-order valence-corrected chi connectivity index (χ1v) is 12.1. The van der Waals surface area contributed by atoms with Gasteiger partial charge in [0.15, 0.2) is 5.78 Å². The average molecular weight is 497 g/mol. The third-order valence-electron chi connectivity index (χ3n) is 5.64. The second-order valence-electron chi connectivity index (χ2n) is 7.74. The van der Waals surface area contributed by atoms with E-state index in [-0.39, 0.29) is 11.5 Å². The van der Waals surface area contributed by atoms with Crippen LogP contribution in [-0.4, -0.2) is 37.8 Å². The quantitative estimate of drug-likeness (QED) is 0.199. The van der Waals surface area contributed by atoms with Crippen molar-refractivity contribution in [2.75, 3.05) is 27.1 Å². The standard InChI is InChI=1S/C29H24N2O4S/c1-33-22-10-4-19(5-11-22)25-16-27(20-6-12-23(34-2)13-7-20)31-29(26(25)17-30)36-18-28(32)21-8-14-24(35-3)15-9-21/h4-16H,18H2,1-3H3. The van der Waals surface area contributed by atoms with Crippen molar-refractivity contribution in [3.05, 3.63) is 90.0 Å². The zero-order chi connectivity index (χ0) is 25.5. The molecule has 1 aromatic heterocycles. The van der Waals surface area contributed by atoms with Gasteiger partial charge in [-0.1, -0.05) is 23.9 Å². The minimum Gasteiger partial charge on any atom is -0.497 e. The summed E-state index contributed by atoms with van der Waals surface area (Å²) in [5.41, 5.74) is 4.15. The summed E-state index contributed by atoms with van der Waals surface area (Å²) in [6.07, 6.45) is 0. The van der Waals surface area contributed by atoms with Crippen molar-refractivity contribution >= 4 is 17.5 Å². The summed E-state index contributed by atoms with van der Waals surface area (Å²) < 4.78 is 15.7. The highest BCUT2D eigenvalue weighted by Crippen LogP contribution is 2.35. The van der Waals surface area contributed by atoms with Crippen molar-refractivity contribution in [2.45, 2.75) is 5.03 Å². The number of hydrogen-bond donors (Lipinski definition) is 0. The molecule has 0 atom stereocenters. The van der Waals surface area contributed by atoms with E-state index in [1.165, 1.54) is 11.8 Å². The van der Waals surface area contributed by atoms with Crippen molar-refractivity contribution in [1.82, 2.24) is 4.98 Å². The van der Waals surface area contributed by atoms with Gasteiger partial charge in [-0.25, -0.2) is 4.98 Å². The van der Waals surface area contributed by atoms with Crippen LogP contribution in [0.25, 0.3) is 22.4 Å². The van der Waals surface area contributed by atoms with Crippen molar-refractivity contribution in [2.24, 2.45) is 0 Å². The highest BCUT2D eigenvalue weighted by molar-refractivity contribution is 8.00. The predicted octanol–water partition coefficient (Wildman–Crippen LogP) is 6.29. The van der Waals surface area contributed by atoms with E-state index in [0.717, 1.165) is 28.2 Å². The normalized spacial score (nSPS) is 10.4. The molecular formula is C29H24N2O4S. The molecule has 180 valence electrons. The number of ether oxygens (including phenoxy) is 3. The van der Waals surface area contributed by atoms with Gasteiger partial charge in [0.2, 0.25) is 0 Å². The van der Waals surface area contributed by atoms with Crippen LogP contribution in [0.5, 0.6) is 17.2 Å². The Kier molecular flexibility index (Phi) is 7.89. The lowest BCUT2D eigenvalue weighted by Crippen LogP contribution is -2.04. The zero-order valence-corrected chi connectivity index (χ0v) is 21.0. The largest absolute Gasteiger partial charge is 0.497 e. The molecule has 0 aliphatic heterocycles. The number of ketones is 1. The number of methoxy groups -OCH3 is 3. The summed E-state index contributed by atoms with van der Waals surface area (Å²) in [5, 5.41) is 10.6. The molecule has 0 amide bonds. The van der Waals surface area contributed by atoms with Gasteiger partial charge in [-0.3, -0.25) is 4.79 Å². The molecule has 0 fully saturated rings. The first-order chi connectivity index (χ1) is 17.6. The number of nitrogens with zero attached hydrogens (tertiary/aromatic N) is 2. The van der Waals surface area contributed by atoms with Crippen LogP contribution in [0.1, 0.15) is 15.9 Å². The minimum absolute atomic E-state index is 0.0609. The van der Waals surface area contributed by atoms with E-state index in [1.54, 1.807) is 45.6 Å². The maximum Gasteiger partial charge on any atom is 0.173 e. The molecule has 0 aliphatic rings. The first kappa shape index (κ1) is 24.8. The molecule has 0 saturated carbocycles. The molecular weight excluding hydrogens is 472 g/mol. The van der Waals surface area contributed by atoms with Gasteiger partial charge in [-0.05, 0) is 72.3 Å². The van der Waals surface area contributed by atoms with E-state index in [4.69, 9.17) is 19.2 Å². The number of rotatable bonds is 9. The molecule has 0 bridgehead atoms. The van der Waals surface area contributed by atoms with E-state index in [2.05, 4.69) is 6.07 Å². The van der Waals surface area contributed by atoms with Crippen molar-refractivity contribution < 1.29 is 19.0 Å². The van der Waals surface area contributed by atoms with Crippen molar-refractivity contribution in [3.8, 4) is 45.7 Å². The van der Waals surface area contributed by atoms with E-state index in [9.17, 15) is 10.1 Å². The molecule has 0 radical (unpaired) electrons. The molecule has 0 aliphatic carbocycles. The fraction of sp³-hybridized carbons (Fsp3) is 0.138. The Bertz CT molecular complexity index is 1390. The first-order valence-electron chi connectivity index (χ1n) is 11.1. The maximum absolute atomic E-state index is 12.9. The Morgan fingerprint density at radius 1 is 0.806 bits per heavy atom. The lowest BCUT2D eigenvalue weighted by atomic mass is 9.99. The summed E-state index contributed by atoms with van der Waals surface area (Å²) in [7, 11) is 4.81. The fourth-order valence-electron chi connectivity index (χ4n) is 3.64. The Hall–Kier alpha value is -4.28. The summed E-state index contributed by atoms with van der Waals surface area (Å²) >= 11 is 1.25. The third-order valence-corrected chi connectivity index (χ3v) is 6.61. The van der Waals surface area contributed by atoms with Crippen LogP contribution in [0.3, 0.4) is 0 Å². The smallest absolute Gasteiger partial charge is 0.173 e. The zero-order valence-electron chi connectivity index (χ0n) is 20.1. The third kappa shape index (κ3) is 5.51. The molecule has 36 heavy (non-hydrogen) atoms. The SMILES string of the molecule is COc1ccc(C(=O)CSc2nc(-c3ccc(OC)cc3)cc(-c3ccc(OC)cc3)c2C#N)cc1. The number of Topliss-reactive ketones (excluding diaryl/α,β-unsaturated/α-hetero) is 1. The highest BCUT2D eigenvalue weighted by Gasteiger charge is 2.18. The summed E-state index contributed by atoms with van der Waals surface area (Å²) in [6.45, 7) is 0. The van der Waals surface area contributed by atoms with Gasteiger partial charge in [-0.15, -0.1) is 0 Å². The number of hydrogen-bond acceptors (Lipinski definition) is 7. The Morgan fingerprint density at radius 3 is 1.81 bits per heavy atom. The van der Waals surface area contributed by atoms with Gasteiger partial charge >= 0.3 is 0 Å². The fourth-order valence-corrected chi connectivity index (χ4v) is 4.53. The Labute approximate surface area is 214 Å². The highest BCUT2D eigenvalue weighted by atomic mass is 32.2. The van der Waals surface area contributed by atoms with Gasteiger partial charge in [0.25, 0.3) is 0 Å². The number of benzene rings is 3.